The standard InChI is InChI=1S/C12H17NO3/c1-4-16-12(14)10-7-9(8(2)13)5-6-11(10)15-3/h5-8H,4,13H2,1-3H3/t8-/m0/s1. The smallest absolute Gasteiger partial charge is 0.341 e. The first-order chi connectivity index (χ1) is 7.60. The maximum absolute atomic E-state index is 11.7. The molecule has 1 rings (SSSR count). The Morgan fingerprint density at radius 3 is 2.69 bits per heavy atom. The number of nitrogens with two attached hydrogens (primary N) is 1. The molecule has 0 saturated carbocycles. The Kier molecular flexibility index (Phi) is 4.31. The molecule has 1 atom stereocenters. The second kappa shape index (κ2) is 5.51. The van der Waals surface area contributed by atoms with E-state index in [4.69, 9.17) is 15.2 Å². The number of benzene rings is 1. The molecule has 1 aromatic carbocycles. The molecule has 0 amide bonds. The summed E-state index contributed by atoms with van der Waals surface area (Å²) in [6.45, 7) is 3.96. The molecule has 0 aliphatic rings. The van der Waals surface area contributed by atoms with Gasteiger partial charge in [0.05, 0.1) is 13.7 Å². The van der Waals surface area contributed by atoms with Crippen LogP contribution in [-0.2, 0) is 4.74 Å². The minimum atomic E-state index is -0.387. The lowest BCUT2D eigenvalue weighted by Crippen LogP contribution is -2.10. The van der Waals surface area contributed by atoms with Crippen LogP contribution >= 0.6 is 0 Å². The van der Waals surface area contributed by atoms with Crippen LogP contribution in [0, 0.1) is 0 Å². The molecule has 0 saturated heterocycles. The summed E-state index contributed by atoms with van der Waals surface area (Å²) in [7, 11) is 1.52. The van der Waals surface area contributed by atoms with Gasteiger partial charge in [0, 0.05) is 6.04 Å². The molecule has 0 aromatic heterocycles. The van der Waals surface area contributed by atoms with E-state index in [9.17, 15) is 4.79 Å². The molecular weight excluding hydrogens is 206 g/mol. The summed E-state index contributed by atoms with van der Waals surface area (Å²) >= 11 is 0. The van der Waals surface area contributed by atoms with Crippen molar-refractivity contribution in [3.8, 4) is 5.75 Å². The fourth-order valence-corrected chi connectivity index (χ4v) is 1.38. The Bertz CT molecular complexity index is 375. The van der Waals surface area contributed by atoms with Crippen LogP contribution in [0.25, 0.3) is 0 Å². The molecule has 0 radical (unpaired) electrons. The van der Waals surface area contributed by atoms with E-state index in [1.807, 2.05) is 13.0 Å². The second-order valence-corrected chi connectivity index (χ2v) is 3.47. The van der Waals surface area contributed by atoms with Gasteiger partial charge < -0.3 is 15.2 Å². The number of hydrogen-bond donors (Lipinski definition) is 1. The number of rotatable bonds is 4. The summed E-state index contributed by atoms with van der Waals surface area (Å²) in [4.78, 5) is 11.7. The zero-order valence-corrected chi connectivity index (χ0v) is 9.82. The van der Waals surface area contributed by atoms with Crippen molar-refractivity contribution in [2.24, 2.45) is 5.73 Å². The highest BCUT2D eigenvalue weighted by atomic mass is 16.5. The van der Waals surface area contributed by atoms with Gasteiger partial charge in [0.25, 0.3) is 0 Å². The van der Waals surface area contributed by atoms with Gasteiger partial charge in [-0.25, -0.2) is 4.79 Å². The SMILES string of the molecule is CCOC(=O)c1cc([C@H](C)N)ccc1OC. The number of ether oxygens (including phenoxy) is 2. The first-order valence-electron chi connectivity index (χ1n) is 5.20. The van der Waals surface area contributed by atoms with E-state index in [0.717, 1.165) is 5.56 Å². The van der Waals surface area contributed by atoms with E-state index in [2.05, 4.69) is 0 Å². The minimum Gasteiger partial charge on any atom is -0.496 e. The van der Waals surface area contributed by atoms with Crippen molar-refractivity contribution >= 4 is 5.97 Å². The summed E-state index contributed by atoms with van der Waals surface area (Å²) in [6.07, 6.45) is 0. The second-order valence-electron chi connectivity index (χ2n) is 3.47. The number of hydrogen-bond acceptors (Lipinski definition) is 4. The van der Waals surface area contributed by atoms with E-state index in [0.29, 0.717) is 17.9 Å². The van der Waals surface area contributed by atoms with Crippen molar-refractivity contribution in [2.45, 2.75) is 19.9 Å². The van der Waals surface area contributed by atoms with Crippen LogP contribution in [0.2, 0.25) is 0 Å². The Balaban J connectivity index is 3.11. The van der Waals surface area contributed by atoms with Crippen LogP contribution in [0.3, 0.4) is 0 Å². The van der Waals surface area contributed by atoms with Gasteiger partial charge in [-0.2, -0.15) is 0 Å². The van der Waals surface area contributed by atoms with E-state index in [1.54, 1.807) is 19.1 Å². The van der Waals surface area contributed by atoms with Crippen molar-refractivity contribution in [1.82, 2.24) is 0 Å². The third-order valence-electron chi connectivity index (χ3n) is 2.24. The molecule has 0 fully saturated rings. The number of methoxy groups -OCH3 is 1. The predicted molar refractivity (Wildman–Crippen MR) is 61.6 cm³/mol. The Morgan fingerprint density at radius 1 is 1.50 bits per heavy atom. The van der Waals surface area contributed by atoms with Crippen LogP contribution in [0.15, 0.2) is 18.2 Å². The van der Waals surface area contributed by atoms with Crippen LogP contribution in [0.1, 0.15) is 35.8 Å². The normalized spacial score (nSPS) is 12.0. The number of carbonyl (C=O) groups is 1. The summed E-state index contributed by atoms with van der Waals surface area (Å²) in [5.41, 5.74) is 7.05. The number of carbonyl (C=O) groups excluding carboxylic acids is 1. The molecule has 0 bridgehead atoms. The number of esters is 1. The third kappa shape index (κ3) is 2.73. The summed E-state index contributed by atoms with van der Waals surface area (Å²) in [5.74, 6) is 0.115. The summed E-state index contributed by atoms with van der Waals surface area (Å²) in [5, 5.41) is 0. The summed E-state index contributed by atoms with van der Waals surface area (Å²) in [6, 6.07) is 5.15. The first-order valence-corrected chi connectivity index (χ1v) is 5.20. The van der Waals surface area contributed by atoms with Crippen molar-refractivity contribution in [2.75, 3.05) is 13.7 Å². The third-order valence-corrected chi connectivity index (χ3v) is 2.24. The van der Waals surface area contributed by atoms with E-state index < -0.39 is 0 Å². The maximum atomic E-state index is 11.7. The van der Waals surface area contributed by atoms with E-state index in [1.165, 1.54) is 7.11 Å². The average Bonchev–Trinajstić information content (AvgIpc) is 2.28. The van der Waals surface area contributed by atoms with Crippen molar-refractivity contribution in [3.63, 3.8) is 0 Å². The molecule has 0 unspecified atom stereocenters. The van der Waals surface area contributed by atoms with Gasteiger partial charge >= 0.3 is 5.97 Å². The van der Waals surface area contributed by atoms with Crippen LogP contribution in [-0.4, -0.2) is 19.7 Å². The minimum absolute atomic E-state index is 0.126. The zero-order chi connectivity index (χ0) is 12.1. The Labute approximate surface area is 95.3 Å². The fourth-order valence-electron chi connectivity index (χ4n) is 1.38. The van der Waals surface area contributed by atoms with Gasteiger partial charge in [-0.3, -0.25) is 0 Å². The zero-order valence-electron chi connectivity index (χ0n) is 9.82. The van der Waals surface area contributed by atoms with Gasteiger partial charge in [-0.05, 0) is 31.5 Å². The van der Waals surface area contributed by atoms with Crippen LogP contribution in [0.4, 0.5) is 0 Å². The monoisotopic (exact) mass is 223 g/mol. The van der Waals surface area contributed by atoms with Gasteiger partial charge in [0.1, 0.15) is 11.3 Å². The largest absolute Gasteiger partial charge is 0.496 e. The van der Waals surface area contributed by atoms with E-state index >= 15 is 0 Å². The molecular formula is C12H17NO3. The molecule has 2 N–H and O–H groups in total. The van der Waals surface area contributed by atoms with Gasteiger partial charge in [-0.1, -0.05) is 6.07 Å². The topological polar surface area (TPSA) is 61.5 Å². The molecule has 16 heavy (non-hydrogen) atoms. The quantitative estimate of drug-likeness (QED) is 0.792. The van der Waals surface area contributed by atoms with Crippen LogP contribution in [0.5, 0.6) is 5.75 Å². The van der Waals surface area contributed by atoms with Crippen LogP contribution < -0.4 is 10.5 Å². The Hall–Kier alpha value is -1.55. The molecule has 1 aromatic rings. The molecule has 4 nitrogen and oxygen atoms in total. The lowest BCUT2D eigenvalue weighted by molar-refractivity contribution is 0.0522. The van der Waals surface area contributed by atoms with Crippen molar-refractivity contribution in [3.05, 3.63) is 29.3 Å². The molecule has 88 valence electrons. The highest BCUT2D eigenvalue weighted by molar-refractivity contribution is 5.92. The predicted octanol–water partition coefficient (Wildman–Crippen LogP) is 1.89. The molecule has 0 spiro atoms. The first kappa shape index (κ1) is 12.5. The molecule has 4 heteroatoms. The Morgan fingerprint density at radius 2 is 2.19 bits per heavy atom. The lowest BCUT2D eigenvalue weighted by atomic mass is 10.0. The van der Waals surface area contributed by atoms with E-state index in [-0.39, 0.29) is 12.0 Å². The van der Waals surface area contributed by atoms with Gasteiger partial charge in [-0.15, -0.1) is 0 Å². The summed E-state index contributed by atoms with van der Waals surface area (Å²) < 4.78 is 10.1. The fraction of sp³-hybridized carbons (Fsp3) is 0.417. The highest BCUT2D eigenvalue weighted by Gasteiger charge is 2.15. The molecule has 0 heterocycles. The highest BCUT2D eigenvalue weighted by Crippen LogP contribution is 2.23. The van der Waals surface area contributed by atoms with Gasteiger partial charge in [0.2, 0.25) is 0 Å². The maximum Gasteiger partial charge on any atom is 0.341 e. The van der Waals surface area contributed by atoms with Crippen molar-refractivity contribution in [1.29, 1.82) is 0 Å². The van der Waals surface area contributed by atoms with Gasteiger partial charge in [0.15, 0.2) is 0 Å². The average molecular weight is 223 g/mol. The molecule has 0 aliphatic heterocycles. The lowest BCUT2D eigenvalue weighted by Gasteiger charge is -2.11. The van der Waals surface area contributed by atoms with Crippen molar-refractivity contribution < 1.29 is 14.3 Å². The molecule has 0 aliphatic carbocycles.